The highest BCUT2D eigenvalue weighted by Gasteiger charge is 2.17. The van der Waals surface area contributed by atoms with Crippen LogP contribution in [-0.4, -0.2) is 26.1 Å². The highest BCUT2D eigenvalue weighted by molar-refractivity contribution is 7.99. The van der Waals surface area contributed by atoms with Crippen molar-refractivity contribution in [3.8, 4) is 0 Å². The first kappa shape index (κ1) is 18.5. The lowest BCUT2D eigenvalue weighted by atomic mass is 10.2. The van der Waals surface area contributed by atoms with Crippen LogP contribution in [0.4, 0.5) is 11.4 Å². The van der Waals surface area contributed by atoms with Crippen molar-refractivity contribution in [1.82, 2.24) is 9.55 Å². The maximum atomic E-state index is 12.2. The normalized spacial score (nSPS) is 10.9. The predicted octanol–water partition coefficient (Wildman–Crippen LogP) is 4.52. The summed E-state index contributed by atoms with van der Waals surface area (Å²) in [6.07, 6.45) is 0. The van der Waals surface area contributed by atoms with E-state index in [-0.39, 0.29) is 28.1 Å². The van der Waals surface area contributed by atoms with Crippen LogP contribution < -0.4 is 5.32 Å². The lowest BCUT2D eigenvalue weighted by Gasteiger charge is -2.06. The summed E-state index contributed by atoms with van der Waals surface area (Å²) in [6, 6.07) is 9.45. The van der Waals surface area contributed by atoms with Crippen molar-refractivity contribution in [2.24, 2.45) is 7.05 Å². The number of carbonyl (C=O) groups excluding carboxylic acids is 1. The fourth-order valence-corrected chi connectivity index (χ4v) is 3.48. The van der Waals surface area contributed by atoms with E-state index in [4.69, 9.17) is 23.2 Å². The van der Waals surface area contributed by atoms with Crippen molar-refractivity contribution in [2.45, 2.75) is 5.16 Å². The molecule has 3 aromatic rings. The van der Waals surface area contributed by atoms with Gasteiger partial charge in [0.2, 0.25) is 5.91 Å². The number of halogens is 2. The van der Waals surface area contributed by atoms with Crippen molar-refractivity contribution in [3.05, 3.63) is 56.6 Å². The first-order valence-corrected chi connectivity index (χ1v) is 9.08. The molecule has 0 saturated heterocycles. The van der Waals surface area contributed by atoms with Crippen LogP contribution in [0.25, 0.3) is 11.0 Å². The van der Waals surface area contributed by atoms with Gasteiger partial charge in [0.1, 0.15) is 5.69 Å². The van der Waals surface area contributed by atoms with Crippen molar-refractivity contribution >= 4 is 63.3 Å². The molecule has 2 aromatic carbocycles. The molecule has 1 N–H and O–H groups in total. The van der Waals surface area contributed by atoms with Crippen LogP contribution in [0.5, 0.6) is 0 Å². The summed E-state index contributed by atoms with van der Waals surface area (Å²) < 4.78 is 1.86. The van der Waals surface area contributed by atoms with Gasteiger partial charge in [-0.3, -0.25) is 14.9 Å². The van der Waals surface area contributed by atoms with Crippen LogP contribution in [0, 0.1) is 10.1 Å². The third-order valence-corrected chi connectivity index (χ3v) is 5.06. The second-order valence-corrected chi connectivity index (χ2v) is 7.16. The van der Waals surface area contributed by atoms with Gasteiger partial charge in [0.25, 0.3) is 5.69 Å². The average molecular weight is 411 g/mol. The molecule has 0 spiro atoms. The lowest BCUT2D eigenvalue weighted by molar-refractivity contribution is -0.383. The molecule has 0 aliphatic carbocycles. The molecule has 0 bridgehead atoms. The largest absolute Gasteiger partial charge is 0.322 e. The molecule has 26 heavy (non-hydrogen) atoms. The van der Waals surface area contributed by atoms with E-state index in [2.05, 4.69) is 10.3 Å². The number of carbonyl (C=O) groups is 1. The Balaban J connectivity index is 1.72. The predicted molar refractivity (Wildman–Crippen MR) is 103 cm³/mol. The smallest absolute Gasteiger partial charge is 0.294 e. The molecule has 0 unspecified atom stereocenters. The lowest BCUT2D eigenvalue weighted by Crippen LogP contribution is -2.15. The summed E-state index contributed by atoms with van der Waals surface area (Å²) in [5, 5.41) is 15.1. The second-order valence-electron chi connectivity index (χ2n) is 5.34. The van der Waals surface area contributed by atoms with Crippen molar-refractivity contribution < 1.29 is 9.72 Å². The quantitative estimate of drug-likeness (QED) is 0.379. The Kier molecular flexibility index (Phi) is 5.36. The number of aryl methyl sites for hydroxylation is 1. The highest BCUT2D eigenvalue weighted by Crippen LogP contribution is 2.29. The topological polar surface area (TPSA) is 90.1 Å². The number of aromatic nitrogens is 2. The molecule has 0 atom stereocenters. The van der Waals surface area contributed by atoms with Gasteiger partial charge in [0, 0.05) is 23.2 Å². The number of thioether (sulfide) groups is 1. The molecule has 10 heteroatoms. The monoisotopic (exact) mass is 410 g/mol. The Morgan fingerprint density at radius 2 is 1.96 bits per heavy atom. The van der Waals surface area contributed by atoms with Gasteiger partial charge in [-0.25, -0.2) is 4.98 Å². The van der Waals surface area contributed by atoms with E-state index in [1.54, 1.807) is 12.1 Å². The van der Waals surface area contributed by atoms with Gasteiger partial charge in [-0.05, 0) is 30.3 Å². The zero-order chi connectivity index (χ0) is 18.8. The summed E-state index contributed by atoms with van der Waals surface area (Å²) in [7, 11) is 1.84. The number of hydrogen-bond acceptors (Lipinski definition) is 5. The Hall–Kier alpha value is -2.29. The van der Waals surface area contributed by atoms with Gasteiger partial charge in [0.15, 0.2) is 5.16 Å². The number of nitro groups is 1. The van der Waals surface area contributed by atoms with Crippen molar-refractivity contribution in [2.75, 3.05) is 11.1 Å². The van der Waals surface area contributed by atoms with Gasteiger partial charge in [-0.2, -0.15) is 0 Å². The molecular formula is C16H12Cl2N4O3S. The number of rotatable bonds is 5. The zero-order valence-corrected chi connectivity index (χ0v) is 15.7. The maximum Gasteiger partial charge on any atom is 0.294 e. The van der Waals surface area contributed by atoms with Gasteiger partial charge in [-0.15, -0.1) is 0 Å². The van der Waals surface area contributed by atoms with E-state index in [1.165, 1.54) is 30.0 Å². The Bertz CT molecular complexity index is 1020. The Morgan fingerprint density at radius 1 is 1.27 bits per heavy atom. The van der Waals surface area contributed by atoms with Crippen LogP contribution in [0.2, 0.25) is 10.0 Å². The third-order valence-electron chi connectivity index (χ3n) is 3.56. The van der Waals surface area contributed by atoms with Crippen LogP contribution in [0.1, 0.15) is 0 Å². The number of nitro benzene ring substituents is 1. The molecular weight excluding hydrogens is 399 g/mol. The van der Waals surface area contributed by atoms with Crippen LogP contribution >= 0.6 is 35.0 Å². The number of hydrogen-bond donors (Lipinski definition) is 1. The number of benzene rings is 2. The number of nitrogens with one attached hydrogen (secondary N) is 1. The SMILES string of the molecule is Cn1c(SCC(=O)Nc2ccc(Cl)cc2[N+](=O)[O-])nc2cc(Cl)ccc21. The Morgan fingerprint density at radius 3 is 2.69 bits per heavy atom. The first-order valence-electron chi connectivity index (χ1n) is 7.33. The minimum absolute atomic E-state index is 0.0463. The molecule has 3 rings (SSSR count). The van der Waals surface area contributed by atoms with E-state index in [0.717, 1.165) is 11.0 Å². The zero-order valence-electron chi connectivity index (χ0n) is 13.4. The molecule has 0 radical (unpaired) electrons. The number of fused-ring (bicyclic) bond motifs is 1. The summed E-state index contributed by atoms with van der Waals surface area (Å²) in [5.41, 5.74) is 1.47. The van der Waals surface area contributed by atoms with E-state index in [1.807, 2.05) is 17.7 Å². The van der Waals surface area contributed by atoms with Gasteiger partial charge in [0.05, 0.1) is 21.7 Å². The molecule has 0 saturated carbocycles. The summed E-state index contributed by atoms with van der Waals surface area (Å²) in [5.74, 6) is -0.337. The first-order chi connectivity index (χ1) is 12.3. The van der Waals surface area contributed by atoms with Crippen LogP contribution in [0.15, 0.2) is 41.6 Å². The van der Waals surface area contributed by atoms with E-state index < -0.39 is 4.92 Å². The standard InChI is InChI=1S/C16H12Cl2N4O3S/c1-21-13-5-3-9(17)6-12(13)20-16(21)26-8-15(23)19-11-4-2-10(18)7-14(11)22(24)25/h2-7H,8H2,1H3,(H,19,23). The van der Waals surface area contributed by atoms with Crippen LogP contribution in [0.3, 0.4) is 0 Å². The molecule has 1 aromatic heterocycles. The van der Waals surface area contributed by atoms with E-state index >= 15 is 0 Å². The molecule has 1 heterocycles. The van der Waals surface area contributed by atoms with Crippen LogP contribution in [-0.2, 0) is 11.8 Å². The third kappa shape index (κ3) is 3.92. The maximum absolute atomic E-state index is 12.2. The number of anilines is 1. The fourth-order valence-electron chi connectivity index (χ4n) is 2.36. The minimum atomic E-state index is -0.593. The summed E-state index contributed by atoms with van der Waals surface area (Å²) >= 11 is 13.0. The van der Waals surface area contributed by atoms with Gasteiger partial charge in [-0.1, -0.05) is 35.0 Å². The number of imidazole rings is 1. The molecule has 0 fully saturated rings. The van der Waals surface area contributed by atoms with Crippen molar-refractivity contribution in [3.63, 3.8) is 0 Å². The van der Waals surface area contributed by atoms with Crippen molar-refractivity contribution in [1.29, 1.82) is 0 Å². The Labute approximate surface area is 162 Å². The van der Waals surface area contributed by atoms with Gasteiger partial charge < -0.3 is 9.88 Å². The molecule has 0 aliphatic rings. The minimum Gasteiger partial charge on any atom is -0.322 e. The van der Waals surface area contributed by atoms with E-state index in [9.17, 15) is 14.9 Å². The fraction of sp³-hybridized carbons (Fsp3) is 0.125. The average Bonchev–Trinajstić information content (AvgIpc) is 2.89. The van der Waals surface area contributed by atoms with E-state index in [0.29, 0.717) is 10.2 Å². The molecule has 1 amide bonds. The second kappa shape index (κ2) is 7.53. The molecule has 0 aliphatic heterocycles. The molecule has 134 valence electrons. The highest BCUT2D eigenvalue weighted by atomic mass is 35.5. The number of amides is 1. The summed E-state index contributed by atoms with van der Waals surface area (Å²) in [4.78, 5) is 27.1. The van der Waals surface area contributed by atoms with Gasteiger partial charge >= 0.3 is 0 Å². The summed E-state index contributed by atoms with van der Waals surface area (Å²) in [6.45, 7) is 0. The molecule has 7 nitrogen and oxygen atoms in total. The number of nitrogens with zero attached hydrogens (tertiary/aromatic N) is 3.